The van der Waals surface area contributed by atoms with Crippen molar-refractivity contribution in [2.45, 2.75) is 59.6 Å². The second kappa shape index (κ2) is 10.3. The van der Waals surface area contributed by atoms with Crippen LogP contribution in [-0.2, 0) is 4.74 Å². The third-order valence-electron chi connectivity index (χ3n) is 5.71. The molecule has 1 atom stereocenters. The summed E-state index contributed by atoms with van der Waals surface area (Å²) in [5, 5.41) is 3.70. The van der Waals surface area contributed by atoms with Crippen molar-refractivity contribution in [3.63, 3.8) is 0 Å². The largest absolute Gasteiger partial charge is 0.444 e. The van der Waals surface area contributed by atoms with Gasteiger partial charge in [-0.3, -0.25) is 4.40 Å². The van der Waals surface area contributed by atoms with Gasteiger partial charge in [0.05, 0.1) is 11.2 Å². The molecule has 0 saturated heterocycles. The number of hydrogen-bond donors (Lipinski definition) is 1. The van der Waals surface area contributed by atoms with Gasteiger partial charge in [-0.25, -0.2) is 24.1 Å². The quantitative estimate of drug-likeness (QED) is 0.345. The summed E-state index contributed by atoms with van der Waals surface area (Å²) in [6.07, 6.45) is 3.60. The van der Waals surface area contributed by atoms with Crippen LogP contribution in [0.2, 0.25) is 0 Å². The lowest BCUT2D eigenvalue weighted by Gasteiger charge is -2.29. The maximum atomic E-state index is 14.6. The van der Waals surface area contributed by atoms with E-state index in [-0.39, 0.29) is 23.2 Å². The Balaban J connectivity index is 1.57. The molecule has 37 heavy (non-hydrogen) atoms. The number of rotatable bonds is 7. The Morgan fingerprint density at radius 1 is 1.22 bits per heavy atom. The fraction of sp³-hybridized carbons (Fsp3) is 0.407. The number of nitrogens with one attached hydrogen (secondary N) is 1. The smallest absolute Gasteiger partial charge is 0.407 e. The summed E-state index contributed by atoms with van der Waals surface area (Å²) in [5.41, 5.74) is 1.47. The highest BCUT2D eigenvalue weighted by Gasteiger charge is 2.20. The van der Waals surface area contributed by atoms with Crippen LogP contribution in [0.4, 0.5) is 19.3 Å². The van der Waals surface area contributed by atoms with Gasteiger partial charge in [0.1, 0.15) is 5.60 Å². The van der Waals surface area contributed by atoms with Gasteiger partial charge in [-0.1, -0.05) is 6.92 Å². The second-order valence-corrected chi connectivity index (χ2v) is 10.2. The van der Waals surface area contributed by atoms with Gasteiger partial charge in [-0.05, 0) is 65.3 Å². The first kappa shape index (κ1) is 26.2. The van der Waals surface area contributed by atoms with E-state index >= 15 is 0 Å². The fourth-order valence-electron chi connectivity index (χ4n) is 4.15. The molecule has 196 valence electrons. The number of amides is 1. The van der Waals surface area contributed by atoms with Gasteiger partial charge in [0.25, 0.3) is 0 Å². The number of anilines is 1. The van der Waals surface area contributed by atoms with Crippen LogP contribution in [0.1, 0.15) is 46.7 Å². The van der Waals surface area contributed by atoms with Crippen LogP contribution in [0.3, 0.4) is 0 Å². The number of imidazole rings is 1. The molecule has 1 N–H and O–H groups in total. The molecule has 0 radical (unpaired) electrons. The van der Waals surface area contributed by atoms with Crippen molar-refractivity contribution in [1.29, 1.82) is 0 Å². The van der Waals surface area contributed by atoms with Crippen molar-refractivity contribution >= 4 is 28.3 Å². The maximum absolute atomic E-state index is 14.6. The summed E-state index contributed by atoms with van der Waals surface area (Å²) in [5.74, 6) is -0.979. The predicted molar refractivity (Wildman–Crippen MR) is 140 cm³/mol. The summed E-state index contributed by atoms with van der Waals surface area (Å²) in [6.45, 7) is 12.4. The minimum atomic E-state index is -0.645. The Bertz CT molecular complexity index is 1450. The number of alkyl carbamates (subject to hydrolysis) is 1. The van der Waals surface area contributed by atoms with Crippen LogP contribution in [-0.4, -0.2) is 50.2 Å². The number of pyridine rings is 1. The molecule has 0 aliphatic rings. The molecule has 4 rings (SSSR count). The van der Waals surface area contributed by atoms with E-state index in [4.69, 9.17) is 4.74 Å². The number of halogens is 2. The maximum Gasteiger partial charge on any atom is 0.407 e. The van der Waals surface area contributed by atoms with Crippen LogP contribution in [0, 0.1) is 18.7 Å². The van der Waals surface area contributed by atoms with Crippen molar-refractivity contribution in [3.8, 4) is 11.4 Å². The van der Waals surface area contributed by atoms with Gasteiger partial charge in [-0.2, -0.15) is 4.39 Å². The molecular weight excluding hydrogens is 478 g/mol. The molecule has 0 bridgehead atoms. The normalized spacial score (nSPS) is 12.6. The predicted octanol–water partition coefficient (Wildman–Crippen LogP) is 5.66. The van der Waals surface area contributed by atoms with Crippen molar-refractivity contribution < 1.29 is 18.3 Å². The summed E-state index contributed by atoms with van der Waals surface area (Å²) in [7, 11) is 0. The molecular formula is C27H32F2N6O2. The Morgan fingerprint density at radius 2 is 1.97 bits per heavy atom. The first-order valence-electron chi connectivity index (χ1n) is 12.3. The number of aromatic nitrogens is 4. The van der Waals surface area contributed by atoms with E-state index in [0.717, 1.165) is 28.4 Å². The molecule has 3 aromatic heterocycles. The average Bonchev–Trinajstić information content (AvgIpc) is 3.11. The molecule has 4 aromatic rings. The Morgan fingerprint density at radius 3 is 2.68 bits per heavy atom. The van der Waals surface area contributed by atoms with E-state index in [2.05, 4.69) is 32.1 Å². The monoisotopic (exact) mass is 510 g/mol. The first-order valence-corrected chi connectivity index (χ1v) is 12.3. The van der Waals surface area contributed by atoms with Crippen LogP contribution in [0.5, 0.6) is 0 Å². The van der Waals surface area contributed by atoms with Crippen molar-refractivity contribution in [2.24, 2.45) is 0 Å². The lowest BCUT2D eigenvalue weighted by molar-refractivity contribution is 0.0510. The third kappa shape index (κ3) is 5.95. The molecule has 10 heteroatoms. The van der Waals surface area contributed by atoms with E-state index in [1.54, 1.807) is 6.20 Å². The lowest BCUT2D eigenvalue weighted by atomic mass is 10.1. The summed E-state index contributed by atoms with van der Waals surface area (Å²) < 4.78 is 35.4. The number of benzene rings is 1. The zero-order valence-corrected chi connectivity index (χ0v) is 22.0. The van der Waals surface area contributed by atoms with E-state index in [0.29, 0.717) is 17.6 Å². The van der Waals surface area contributed by atoms with E-state index in [9.17, 15) is 13.6 Å². The zero-order valence-electron chi connectivity index (χ0n) is 22.0. The van der Waals surface area contributed by atoms with Crippen molar-refractivity contribution in [2.75, 3.05) is 18.0 Å². The molecule has 1 amide bonds. The molecule has 8 nitrogen and oxygen atoms in total. The van der Waals surface area contributed by atoms with E-state index in [1.807, 2.05) is 45.9 Å². The topological polar surface area (TPSA) is 84.7 Å². The number of aryl methyl sites for hydroxylation is 1. The Kier molecular flexibility index (Phi) is 7.29. The number of carbonyl (C=O) groups is 1. The average molecular weight is 511 g/mol. The van der Waals surface area contributed by atoms with Crippen LogP contribution in [0.15, 0.2) is 36.7 Å². The number of hydrogen-bond acceptors (Lipinski definition) is 6. The highest BCUT2D eigenvalue weighted by molar-refractivity contribution is 5.83. The Hall–Kier alpha value is -3.82. The van der Waals surface area contributed by atoms with Crippen molar-refractivity contribution in [1.82, 2.24) is 24.7 Å². The molecule has 1 aromatic carbocycles. The van der Waals surface area contributed by atoms with Gasteiger partial charge in [0.2, 0.25) is 5.95 Å². The SMILES string of the molecule is CCCN(C[C@H](C)NC(=O)OC(C)(C)C)c1ccc2nc(-c3cc(F)c4nc(C)c(F)n4c3)ncc2c1. The minimum absolute atomic E-state index is 0.0735. The number of carbonyl (C=O) groups excluding carboxylic acids is 1. The third-order valence-corrected chi connectivity index (χ3v) is 5.71. The van der Waals surface area contributed by atoms with Gasteiger partial charge in [0.15, 0.2) is 17.3 Å². The molecule has 3 heterocycles. The fourth-order valence-corrected chi connectivity index (χ4v) is 4.15. The molecule has 0 aliphatic heterocycles. The molecule has 0 aliphatic carbocycles. The summed E-state index contributed by atoms with van der Waals surface area (Å²) in [4.78, 5) is 27.3. The molecule has 0 fully saturated rings. The van der Waals surface area contributed by atoms with Crippen LogP contribution < -0.4 is 10.2 Å². The van der Waals surface area contributed by atoms with Gasteiger partial charge in [-0.15, -0.1) is 0 Å². The standard InChI is InChI=1S/C27H32F2N6O2/c1-7-10-34(14-16(2)31-26(36)37-27(4,5)6)20-8-9-22-18(11-20)13-30-24(33-22)19-12-21(28)25-32-17(3)23(29)35(25)15-19/h8-9,11-13,15-16H,7,10,14H2,1-6H3,(H,31,36)/t16-/m0/s1. The highest BCUT2D eigenvalue weighted by atomic mass is 19.1. The lowest BCUT2D eigenvalue weighted by Crippen LogP contribution is -2.44. The second-order valence-electron chi connectivity index (χ2n) is 10.2. The molecule has 0 saturated carbocycles. The van der Waals surface area contributed by atoms with E-state index < -0.39 is 23.5 Å². The summed E-state index contributed by atoms with van der Waals surface area (Å²) >= 11 is 0. The summed E-state index contributed by atoms with van der Waals surface area (Å²) in [6, 6.07) is 6.93. The zero-order chi connectivity index (χ0) is 26.9. The number of nitrogens with zero attached hydrogens (tertiary/aromatic N) is 5. The minimum Gasteiger partial charge on any atom is -0.444 e. The Labute approximate surface area is 214 Å². The molecule has 0 spiro atoms. The van der Waals surface area contributed by atoms with Gasteiger partial charge in [0, 0.05) is 48.2 Å². The number of fused-ring (bicyclic) bond motifs is 2. The molecule has 0 unspecified atom stereocenters. The van der Waals surface area contributed by atoms with Crippen LogP contribution >= 0.6 is 0 Å². The van der Waals surface area contributed by atoms with E-state index in [1.165, 1.54) is 19.2 Å². The van der Waals surface area contributed by atoms with Crippen molar-refractivity contribution in [3.05, 3.63) is 54.1 Å². The van der Waals surface area contributed by atoms with Gasteiger partial charge >= 0.3 is 6.09 Å². The first-order chi connectivity index (χ1) is 17.4. The number of ether oxygens (including phenoxy) is 1. The van der Waals surface area contributed by atoms with Gasteiger partial charge < -0.3 is 15.0 Å². The highest BCUT2D eigenvalue weighted by Crippen LogP contribution is 2.26. The van der Waals surface area contributed by atoms with Crippen LogP contribution in [0.25, 0.3) is 27.9 Å².